The monoisotopic (exact) mass is 258 g/mol. The number of carbonyl (C=O) groups excluding carboxylic acids is 1. The number of hydrogen-bond donors (Lipinski definition) is 4. The Hall–Kier alpha value is -1.30. The summed E-state index contributed by atoms with van der Waals surface area (Å²) in [5, 5.41) is 23.6. The second-order valence-electron chi connectivity index (χ2n) is 4.71. The fourth-order valence-corrected chi connectivity index (χ4v) is 2.12. The normalized spacial score (nSPS) is 24.1. The van der Waals surface area contributed by atoms with Crippen molar-refractivity contribution < 1.29 is 19.8 Å². The van der Waals surface area contributed by atoms with E-state index in [1.807, 2.05) is 0 Å². The van der Waals surface area contributed by atoms with Crippen molar-refractivity contribution >= 4 is 12.0 Å². The minimum Gasteiger partial charge on any atom is -0.481 e. The molecule has 1 fully saturated rings. The standard InChI is InChI=1S/C12H22N2O4/c15-10-6-3-1-2-5-9(10)14-12(18)13-8-4-7-11(16)17/h9-10,15H,1-8H2,(H,16,17)(H2,13,14,18). The Bertz CT molecular complexity index is 283. The second-order valence-corrected chi connectivity index (χ2v) is 4.71. The van der Waals surface area contributed by atoms with E-state index < -0.39 is 12.1 Å². The van der Waals surface area contributed by atoms with Gasteiger partial charge >= 0.3 is 12.0 Å². The predicted molar refractivity (Wildman–Crippen MR) is 66.3 cm³/mol. The molecule has 0 aromatic heterocycles. The summed E-state index contributed by atoms with van der Waals surface area (Å²) in [5.74, 6) is -0.864. The van der Waals surface area contributed by atoms with Crippen molar-refractivity contribution in [2.75, 3.05) is 6.54 Å². The zero-order valence-electron chi connectivity index (χ0n) is 10.5. The number of aliphatic hydroxyl groups is 1. The van der Waals surface area contributed by atoms with Gasteiger partial charge in [-0.3, -0.25) is 4.79 Å². The first-order valence-corrected chi connectivity index (χ1v) is 6.54. The lowest BCUT2D eigenvalue weighted by molar-refractivity contribution is -0.137. The lowest BCUT2D eigenvalue weighted by atomic mass is 10.1. The summed E-state index contributed by atoms with van der Waals surface area (Å²) in [7, 11) is 0. The molecule has 0 bridgehead atoms. The van der Waals surface area contributed by atoms with E-state index in [1.54, 1.807) is 0 Å². The van der Waals surface area contributed by atoms with Gasteiger partial charge in [-0.1, -0.05) is 19.3 Å². The van der Waals surface area contributed by atoms with Crippen LogP contribution in [0.4, 0.5) is 4.79 Å². The van der Waals surface area contributed by atoms with Crippen LogP contribution in [0.3, 0.4) is 0 Å². The van der Waals surface area contributed by atoms with E-state index in [1.165, 1.54) is 0 Å². The molecule has 6 nitrogen and oxygen atoms in total. The van der Waals surface area contributed by atoms with Gasteiger partial charge in [-0.2, -0.15) is 0 Å². The molecule has 0 saturated heterocycles. The molecule has 0 aromatic rings. The number of urea groups is 1. The Labute approximate surface area is 107 Å². The Morgan fingerprint density at radius 3 is 2.61 bits per heavy atom. The Morgan fingerprint density at radius 1 is 1.17 bits per heavy atom. The first-order valence-electron chi connectivity index (χ1n) is 6.54. The van der Waals surface area contributed by atoms with Crippen molar-refractivity contribution in [1.29, 1.82) is 0 Å². The van der Waals surface area contributed by atoms with Gasteiger partial charge in [-0.05, 0) is 19.3 Å². The fraction of sp³-hybridized carbons (Fsp3) is 0.833. The highest BCUT2D eigenvalue weighted by Gasteiger charge is 2.22. The molecule has 1 aliphatic carbocycles. The first kappa shape index (κ1) is 14.8. The van der Waals surface area contributed by atoms with Gasteiger partial charge in [0.25, 0.3) is 0 Å². The average molecular weight is 258 g/mol. The van der Waals surface area contributed by atoms with Crippen molar-refractivity contribution in [2.45, 2.75) is 57.1 Å². The number of carboxylic acids is 1. The number of carbonyl (C=O) groups is 2. The van der Waals surface area contributed by atoms with E-state index in [9.17, 15) is 14.7 Å². The van der Waals surface area contributed by atoms with E-state index in [2.05, 4.69) is 10.6 Å². The van der Waals surface area contributed by atoms with Crippen LogP contribution in [0.1, 0.15) is 44.9 Å². The quantitative estimate of drug-likeness (QED) is 0.434. The van der Waals surface area contributed by atoms with Crippen LogP contribution in [0.5, 0.6) is 0 Å². The molecule has 0 radical (unpaired) electrons. The van der Waals surface area contributed by atoms with Crippen molar-refractivity contribution in [2.24, 2.45) is 0 Å². The highest BCUT2D eigenvalue weighted by atomic mass is 16.4. The molecule has 0 spiro atoms. The summed E-state index contributed by atoms with van der Waals surface area (Å²) in [6.45, 7) is 0.334. The number of amides is 2. The average Bonchev–Trinajstić information content (AvgIpc) is 2.50. The van der Waals surface area contributed by atoms with Gasteiger partial charge in [0.1, 0.15) is 0 Å². The molecule has 2 atom stereocenters. The van der Waals surface area contributed by atoms with Crippen LogP contribution in [0, 0.1) is 0 Å². The number of aliphatic carboxylic acids is 1. The van der Waals surface area contributed by atoms with Gasteiger partial charge in [0.05, 0.1) is 12.1 Å². The number of nitrogens with one attached hydrogen (secondary N) is 2. The third-order valence-electron chi connectivity index (χ3n) is 3.15. The fourth-order valence-electron chi connectivity index (χ4n) is 2.12. The number of carboxylic acid groups (broad SMARTS) is 1. The SMILES string of the molecule is O=C(O)CCCNC(=O)NC1CCCCCC1O. The summed E-state index contributed by atoms with van der Waals surface area (Å²) in [6.07, 6.45) is 4.61. The summed E-state index contributed by atoms with van der Waals surface area (Å²) >= 11 is 0. The van der Waals surface area contributed by atoms with E-state index in [-0.39, 0.29) is 18.5 Å². The maximum Gasteiger partial charge on any atom is 0.315 e. The Morgan fingerprint density at radius 2 is 1.89 bits per heavy atom. The van der Waals surface area contributed by atoms with Crippen LogP contribution < -0.4 is 10.6 Å². The number of hydrogen-bond acceptors (Lipinski definition) is 3. The van der Waals surface area contributed by atoms with Gasteiger partial charge in [-0.25, -0.2) is 4.79 Å². The van der Waals surface area contributed by atoms with Crippen LogP contribution in [0.2, 0.25) is 0 Å². The molecule has 1 saturated carbocycles. The molecule has 0 aromatic carbocycles. The molecule has 6 heteroatoms. The molecule has 1 aliphatic rings. The minimum absolute atomic E-state index is 0.0479. The van der Waals surface area contributed by atoms with Crippen LogP contribution >= 0.6 is 0 Å². The maximum absolute atomic E-state index is 11.5. The zero-order chi connectivity index (χ0) is 13.4. The molecule has 18 heavy (non-hydrogen) atoms. The lowest BCUT2D eigenvalue weighted by Gasteiger charge is -2.21. The topological polar surface area (TPSA) is 98.7 Å². The van der Waals surface area contributed by atoms with Gasteiger partial charge < -0.3 is 20.8 Å². The van der Waals surface area contributed by atoms with E-state index >= 15 is 0 Å². The lowest BCUT2D eigenvalue weighted by Crippen LogP contribution is -2.47. The molecular formula is C12H22N2O4. The van der Waals surface area contributed by atoms with E-state index in [4.69, 9.17) is 5.11 Å². The molecule has 104 valence electrons. The summed E-state index contributed by atoms with van der Waals surface area (Å²) in [4.78, 5) is 21.8. The van der Waals surface area contributed by atoms with Crippen molar-refractivity contribution in [3.05, 3.63) is 0 Å². The van der Waals surface area contributed by atoms with Gasteiger partial charge in [-0.15, -0.1) is 0 Å². The van der Waals surface area contributed by atoms with Crippen molar-refractivity contribution in [3.63, 3.8) is 0 Å². The zero-order valence-corrected chi connectivity index (χ0v) is 10.5. The predicted octanol–water partition coefficient (Wildman–Crippen LogP) is 0.844. The van der Waals surface area contributed by atoms with Crippen LogP contribution in [-0.2, 0) is 4.79 Å². The molecule has 1 rings (SSSR count). The second kappa shape index (κ2) is 7.92. The first-order chi connectivity index (χ1) is 8.59. The number of aliphatic hydroxyl groups excluding tert-OH is 1. The Balaban J connectivity index is 2.19. The third-order valence-corrected chi connectivity index (χ3v) is 3.15. The summed E-state index contributed by atoms with van der Waals surface area (Å²) in [5.41, 5.74) is 0. The van der Waals surface area contributed by atoms with Crippen molar-refractivity contribution in [3.8, 4) is 0 Å². The molecule has 0 heterocycles. The van der Waals surface area contributed by atoms with Gasteiger partial charge in [0, 0.05) is 13.0 Å². The molecular weight excluding hydrogens is 236 g/mol. The van der Waals surface area contributed by atoms with Gasteiger partial charge in [0.15, 0.2) is 0 Å². The maximum atomic E-state index is 11.5. The summed E-state index contributed by atoms with van der Waals surface area (Å²) < 4.78 is 0. The smallest absolute Gasteiger partial charge is 0.315 e. The van der Waals surface area contributed by atoms with E-state index in [0.717, 1.165) is 32.1 Å². The minimum atomic E-state index is -0.864. The molecule has 2 amide bonds. The molecule has 2 unspecified atom stereocenters. The van der Waals surface area contributed by atoms with Crippen LogP contribution in [0.25, 0.3) is 0 Å². The number of rotatable bonds is 5. The van der Waals surface area contributed by atoms with Crippen LogP contribution in [-0.4, -0.2) is 40.9 Å². The molecule has 4 N–H and O–H groups in total. The highest BCUT2D eigenvalue weighted by Crippen LogP contribution is 2.17. The Kier molecular flexibility index (Phi) is 6.49. The highest BCUT2D eigenvalue weighted by molar-refractivity contribution is 5.74. The third kappa shape index (κ3) is 5.86. The van der Waals surface area contributed by atoms with Crippen LogP contribution in [0.15, 0.2) is 0 Å². The van der Waals surface area contributed by atoms with Crippen molar-refractivity contribution in [1.82, 2.24) is 10.6 Å². The van der Waals surface area contributed by atoms with E-state index in [0.29, 0.717) is 13.0 Å². The summed E-state index contributed by atoms with van der Waals surface area (Å²) in [6, 6.07) is -0.515. The molecule has 0 aliphatic heterocycles. The largest absolute Gasteiger partial charge is 0.481 e. The van der Waals surface area contributed by atoms with Gasteiger partial charge in [0.2, 0.25) is 0 Å².